The van der Waals surface area contributed by atoms with E-state index in [-0.39, 0.29) is 6.04 Å². The van der Waals surface area contributed by atoms with Crippen LogP contribution in [0.4, 0.5) is 0 Å². The molecule has 3 nitrogen and oxygen atoms in total. The molecule has 3 heteroatoms. The number of aryl methyl sites for hydroxylation is 1. The molecule has 104 valence electrons. The molecule has 0 aliphatic heterocycles. The molecule has 0 amide bonds. The Kier molecular flexibility index (Phi) is 4.60. The molecule has 0 aliphatic carbocycles. The predicted octanol–water partition coefficient (Wildman–Crippen LogP) is 3.68. The van der Waals surface area contributed by atoms with E-state index in [2.05, 4.69) is 26.0 Å². The highest BCUT2D eigenvalue weighted by atomic mass is 16.5. The van der Waals surface area contributed by atoms with Crippen molar-refractivity contribution in [3.8, 4) is 11.8 Å². The molecule has 0 bridgehead atoms. The Hall–Kier alpha value is -1.53. The van der Waals surface area contributed by atoms with Crippen LogP contribution in [0.5, 0.6) is 5.75 Å². The maximum absolute atomic E-state index is 9.24. The number of nitrogens with zero attached hydrogens (tertiary/aromatic N) is 1. The number of ether oxygens (including phenoxy) is 1. The number of rotatable bonds is 4. The van der Waals surface area contributed by atoms with Crippen molar-refractivity contribution in [3.63, 3.8) is 0 Å². The van der Waals surface area contributed by atoms with Crippen LogP contribution < -0.4 is 10.5 Å². The molecule has 0 aliphatic rings. The summed E-state index contributed by atoms with van der Waals surface area (Å²) in [7, 11) is 1.68. The van der Waals surface area contributed by atoms with Gasteiger partial charge in [0.15, 0.2) is 0 Å². The van der Waals surface area contributed by atoms with Gasteiger partial charge in [0.05, 0.1) is 18.6 Å². The summed E-state index contributed by atoms with van der Waals surface area (Å²) in [5.41, 5.74) is 8.91. The maximum Gasteiger partial charge on any atom is 0.122 e. The quantitative estimate of drug-likeness (QED) is 0.898. The van der Waals surface area contributed by atoms with Gasteiger partial charge in [-0.1, -0.05) is 13.8 Å². The first-order valence-corrected chi connectivity index (χ1v) is 6.59. The van der Waals surface area contributed by atoms with Crippen LogP contribution >= 0.6 is 0 Å². The summed E-state index contributed by atoms with van der Waals surface area (Å²) < 4.78 is 5.43. The molecule has 0 fully saturated rings. The van der Waals surface area contributed by atoms with Crippen molar-refractivity contribution in [2.24, 2.45) is 11.1 Å². The summed E-state index contributed by atoms with van der Waals surface area (Å²) in [5, 5.41) is 9.24. The third-order valence-electron chi connectivity index (χ3n) is 3.64. The second-order valence-electron chi connectivity index (χ2n) is 5.92. The number of benzene rings is 1. The first-order chi connectivity index (χ1) is 8.74. The zero-order chi connectivity index (χ0) is 14.8. The van der Waals surface area contributed by atoms with Crippen LogP contribution in [0.15, 0.2) is 12.1 Å². The largest absolute Gasteiger partial charge is 0.496 e. The predicted molar refractivity (Wildman–Crippen MR) is 78.1 cm³/mol. The number of methoxy groups -OCH3 is 1. The van der Waals surface area contributed by atoms with E-state index in [0.29, 0.717) is 5.92 Å². The summed E-state index contributed by atoms with van der Waals surface area (Å²) in [6.07, 6.45) is 0. The molecule has 1 atom stereocenters. The summed E-state index contributed by atoms with van der Waals surface area (Å²) in [6, 6.07) is 6.08. The number of hydrogen-bond acceptors (Lipinski definition) is 3. The van der Waals surface area contributed by atoms with E-state index < -0.39 is 5.41 Å². The third-order valence-corrected chi connectivity index (χ3v) is 3.64. The van der Waals surface area contributed by atoms with Gasteiger partial charge < -0.3 is 10.5 Å². The second kappa shape index (κ2) is 5.63. The molecule has 0 spiro atoms. The van der Waals surface area contributed by atoms with Crippen LogP contribution in [0.1, 0.15) is 56.3 Å². The fourth-order valence-corrected chi connectivity index (χ4v) is 2.14. The van der Waals surface area contributed by atoms with Gasteiger partial charge in [-0.3, -0.25) is 0 Å². The first-order valence-electron chi connectivity index (χ1n) is 6.59. The average molecular weight is 260 g/mol. The van der Waals surface area contributed by atoms with Gasteiger partial charge >= 0.3 is 0 Å². The van der Waals surface area contributed by atoms with E-state index >= 15 is 0 Å². The van der Waals surface area contributed by atoms with Gasteiger partial charge in [-0.05, 0) is 55.5 Å². The topological polar surface area (TPSA) is 59.0 Å². The van der Waals surface area contributed by atoms with Crippen LogP contribution in [0.2, 0.25) is 0 Å². The molecule has 0 radical (unpaired) electrons. The molecule has 1 unspecified atom stereocenters. The molecule has 19 heavy (non-hydrogen) atoms. The van der Waals surface area contributed by atoms with Crippen molar-refractivity contribution >= 4 is 0 Å². The first kappa shape index (κ1) is 15.5. The number of nitriles is 1. The molecule has 2 N–H and O–H groups in total. The zero-order valence-electron chi connectivity index (χ0n) is 12.7. The lowest BCUT2D eigenvalue weighted by atomic mass is 9.80. The highest BCUT2D eigenvalue weighted by Gasteiger charge is 2.29. The minimum absolute atomic E-state index is 0.305. The Morgan fingerprint density at radius 2 is 1.84 bits per heavy atom. The van der Waals surface area contributed by atoms with E-state index in [1.165, 1.54) is 0 Å². The van der Waals surface area contributed by atoms with Crippen molar-refractivity contribution in [1.82, 2.24) is 0 Å². The van der Waals surface area contributed by atoms with E-state index in [4.69, 9.17) is 10.5 Å². The Morgan fingerprint density at radius 1 is 1.26 bits per heavy atom. The molecule has 0 saturated heterocycles. The molecule has 0 heterocycles. The van der Waals surface area contributed by atoms with Crippen molar-refractivity contribution in [1.29, 1.82) is 5.26 Å². The minimum atomic E-state index is -0.590. The van der Waals surface area contributed by atoms with Crippen LogP contribution in [0.3, 0.4) is 0 Å². The van der Waals surface area contributed by atoms with Crippen molar-refractivity contribution in [3.05, 3.63) is 28.8 Å². The highest BCUT2D eigenvalue weighted by Crippen LogP contribution is 2.37. The van der Waals surface area contributed by atoms with Crippen LogP contribution in [-0.4, -0.2) is 7.11 Å². The summed E-state index contributed by atoms with van der Waals surface area (Å²) in [6.45, 7) is 10.00. The monoisotopic (exact) mass is 260 g/mol. The highest BCUT2D eigenvalue weighted by molar-refractivity contribution is 5.45. The molecule has 0 aromatic heterocycles. The van der Waals surface area contributed by atoms with Crippen molar-refractivity contribution in [2.45, 2.75) is 46.6 Å². The van der Waals surface area contributed by atoms with E-state index in [9.17, 15) is 5.26 Å². The van der Waals surface area contributed by atoms with Gasteiger partial charge in [0.2, 0.25) is 0 Å². The lowest BCUT2D eigenvalue weighted by Gasteiger charge is -2.27. The second-order valence-corrected chi connectivity index (χ2v) is 5.92. The van der Waals surface area contributed by atoms with Crippen molar-refractivity contribution in [2.75, 3.05) is 7.11 Å². The molecule has 1 rings (SSSR count). The molecular formula is C16H24N2O. The Balaban J connectivity index is 3.38. The molecular weight excluding hydrogens is 236 g/mol. The summed E-state index contributed by atoms with van der Waals surface area (Å²) >= 11 is 0. The standard InChI is InChI=1S/C16H24N2O/c1-10(2)12-8-13(11(3)7-14(12)19-6)15(18)16(4,5)9-17/h7-8,10,15H,18H2,1-6H3. The molecule has 1 aromatic carbocycles. The van der Waals surface area contributed by atoms with Gasteiger partial charge in [0, 0.05) is 6.04 Å². The number of hydrogen-bond donors (Lipinski definition) is 1. The van der Waals surface area contributed by atoms with Gasteiger partial charge in [-0.2, -0.15) is 5.26 Å². The SMILES string of the molecule is COc1cc(C)c(C(N)C(C)(C)C#N)cc1C(C)C. The molecule has 1 aromatic rings. The Bertz CT molecular complexity index is 498. The van der Waals surface area contributed by atoms with E-state index in [1.54, 1.807) is 7.11 Å². The minimum Gasteiger partial charge on any atom is -0.496 e. The van der Waals surface area contributed by atoms with E-state index in [1.807, 2.05) is 26.8 Å². The Labute approximate surface area is 116 Å². The number of nitrogens with two attached hydrogens (primary N) is 1. The van der Waals surface area contributed by atoms with E-state index in [0.717, 1.165) is 22.4 Å². The van der Waals surface area contributed by atoms with Crippen LogP contribution in [0.25, 0.3) is 0 Å². The normalized spacial score (nSPS) is 13.2. The van der Waals surface area contributed by atoms with Crippen LogP contribution in [-0.2, 0) is 0 Å². The maximum atomic E-state index is 9.24. The third kappa shape index (κ3) is 3.08. The smallest absolute Gasteiger partial charge is 0.122 e. The fraction of sp³-hybridized carbons (Fsp3) is 0.562. The van der Waals surface area contributed by atoms with Gasteiger partial charge in [0.25, 0.3) is 0 Å². The Morgan fingerprint density at radius 3 is 2.26 bits per heavy atom. The van der Waals surface area contributed by atoms with Crippen LogP contribution in [0, 0.1) is 23.7 Å². The molecule has 0 saturated carbocycles. The van der Waals surface area contributed by atoms with Crippen molar-refractivity contribution < 1.29 is 4.74 Å². The van der Waals surface area contributed by atoms with Gasteiger partial charge in [-0.15, -0.1) is 0 Å². The zero-order valence-corrected chi connectivity index (χ0v) is 12.7. The average Bonchev–Trinajstić information content (AvgIpc) is 2.37. The fourth-order valence-electron chi connectivity index (χ4n) is 2.14. The lowest BCUT2D eigenvalue weighted by Crippen LogP contribution is -2.28. The lowest BCUT2D eigenvalue weighted by molar-refractivity contribution is 0.387. The van der Waals surface area contributed by atoms with Gasteiger partial charge in [0.1, 0.15) is 5.75 Å². The van der Waals surface area contributed by atoms with Gasteiger partial charge in [-0.25, -0.2) is 0 Å². The summed E-state index contributed by atoms with van der Waals surface area (Å²) in [4.78, 5) is 0. The summed E-state index contributed by atoms with van der Waals surface area (Å²) in [5.74, 6) is 1.24.